The van der Waals surface area contributed by atoms with Crippen LogP contribution in [0.1, 0.15) is 10.5 Å². The molecule has 1 N–H and O–H groups in total. The van der Waals surface area contributed by atoms with Crippen molar-refractivity contribution in [1.29, 1.82) is 0 Å². The van der Waals surface area contributed by atoms with E-state index in [1.807, 2.05) is 0 Å². The lowest BCUT2D eigenvalue weighted by molar-refractivity contribution is 0.00552. The van der Waals surface area contributed by atoms with Crippen molar-refractivity contribution < 1.29 is 9.90 Å². The van der Waals surface area contributed by atoms with Gasteiger partial charge in [-0.3, -0.25) is 4.79 Å². The first-order valence-corrected chi connectivity index (χ1v) is 5.13. The van der Waals surface area contributed by atoms with Crippen LogP contribution in [0.4, 0.5) is 0 Å². The number of aliphatic hydroxyl groups is 1. The van der Waals surface area contributed by atoms with E-state index in [0.717, 1.165) is 0 Å². The first-order chi connectivity index (χ1) is 7.08. The van der Waals surface area contributed by atoms with Crippen molar-refractivity contribution >= 4 is 29.1 Å². The van der Waals surface area contributed by atoms with Gasteiger partial charge >= 0.3 is 0 Å². The number of β-amino-alcohol motifs (C(OH)–C–C–N with tert-alkyl or cyclic N) is 1. The van der Waals surface area contributed by atoms with E-state index >= 15 is 0 Å². The molecule has 1 saturated heterocycles. The van der Waals surface area contributed by atoms with Gasteiger partial charge in [-0.05, 0) is 12.1 Å². The molecule has 4 nitrogen and oxygen atoms in total. The quantitative estimate of drug-likeness (QED) is 0.759. The molecule has 1 aromatic rings. The summed E-state index contributed by atoms with van der Waals surface area (Å²) in [4.78, 5) is 17.1. The van der Waals surface area contributed by atoms with Crippen LogP contribution in [-0.2, 0) is 0 Å². The third-order valence-electron chi connectivity index (χ3n) is 2.16. The van der Waals surface area contributed by atoms with Gasteiger partial charge in [0.15, 0.2) is 0 Å². The van der Waals surface area contributed by atoms with E-state index in [1.54, 1.807) is 0 Å². The molecule has 1 aromatic heterocycles. The normalized spacial score (nSPS) is 16.3. The van der Waals surface area contributed by atoms with Crippen LogP contribution in [0.25, 0.3) is 0 Å². The zero-order valence-corrected chi connectivity index (χ0v) is 9.16. The highest BCUT2D eigenvalue weighted by atomic mass is 35.5. The van der Waals surface area contributed by atoms with Gasteiger partial charge in [0.25, 0.3) is 5.91 Å². The summed E-state index contributed by atoms with van der Waals surface area (Å²) in [6.45, 7) is 0.646. The molecule has 2 heterocycles. The van der Waals surface area contributed by atoms with Crippen LogP contribution in [0.2, 0.25) is 10.2 Å². The minimum Gasteiger partial charge on any atom is -0.389 e. The molecular formula is C9H8Cl2N2O2. The summed E-state index contributed by atoms with van der Waals surface area (Å²) in [7, 11) is 0. The Bertz CT molecular complexity index is 405. The maximum Gasteiger partial charge on any atom is 0.274 e. The van der Waals surface area contributed by atoms with E-state index in [0.29, 0.717) is 13.1 Å². The number of hydrogen-bond donors (Lipinski definition) is 1. The summed E-state index contributed by atoms with van der Waals surface area (Å²) in [5, 5.41) is 9.56. The van der Waals surface area contributed by atoms with Crippen molar-refractivity contribution in [1.82, 2.24) is 9.88 Å². The summed E-state index contributed by atoms with van der Waals surface area (Å²) in [6, 6.07) is 3.05. The van der Waals surface area contributed by atoms with E-state index in [-0.39, 0.29) is 21.8 Å². The molecule has 0 unspecified atom stereocenters. The van der Waals surface area contributed by atoms with Crippen LogP contribution in [-0.4, -0.2) is 40.1 Å². The first-order valence-electron chi connectivity index (χ1n) is 4.37. The molecule has 15 heavy (non-hydrogen) atoms. The number of amides is 1. The van der Waals surface area contributed by atoms with Gasteiger partial charge in [0.1, 0.15) is 10.8 Å². The molecule has 0 atom stereocenters. The molecular weight excluding hydrogens is 239 g/mol. The summed E-state index contributed by atoms with van der Waals surface area (Å²) in [5.74, 6) is -0.298. The van der Waals surface area contributed by atoms with Crippen molar-refractivity contribution in [3.63, 3.8) is 0 Å². The second-order valence-corrected chi connectivity index (χ2v) is 4.12. The van der Waals surface area contributed by atoms with Gasteiger partial charge in [0.05, 0.1) is 11.1 Å². The third kappa shape index (κ3) is 2.07. The Morgan fingerprint density at radius 1 is 1.47 bits per heavy atom. The average Bonchev–Trinajstić information content (AvgIpc) is 2.16. The van der Waals surface area contributed by atoms with Crippen molar-refractivity contribution in [2.45, 2.75) is 6.10 Å². The number of likely N-dealkylation sites (tertiary alicyclic amines) is 1. The summed E-state index contributed by atoms with van der Waals surface area (Å²) < 4.78 is 0. The van der Waals surface area contributed by atoms with Crippen LogP contribution in [0.3, 0.4) is 0 Å². The third-order valence-corrected chi connectivity index (χ3v) is 2.68. The maximum atomic E-state index is 11.8. The van der Waals surface area contributed by atoms with E-state index in [1.165, 1.54) is 17.0 Å². The molecule has 0 radical (unpaired) electrons. The molecule has 2 rings (SSSR count). The highest BCUT2D eigenvalue weighted by molar-refractivity contribution is 6.34. The van der Waals surface area contributed by atoms with E-state index in [9.17, 15) is 4.79 Å². The minimum absolute atomic E-state index is 0.135. The number of aromatic nitrogens is 1. The number of carbonyl (C=O) groups is 1. The van der Waals surface area contributed by atoms with Crippen LogP contribution in [0.5, 0.6) is 0 Å². The molecule has 0 bridgehead atoms. The Morgan fingerprint density at radius 2 is 2.13 bits per heavy atom. The number of carbonyl (C=O) groups excluding carboxylic acids is 1. The Kier molecular flexibility index (Phi) is 2.82. The Hall–Kier alpha value is -0.840. The fourth-order valence-electron chi connectivity index (χ4n) is 1.34. The topological polar surface area (TPSA) is 53.4 Å². The predicted octanol–water partition coefficient (Wildman–Crippen LogP) is 1.21. The molecule has 0 aliphatic carbocycles. The summed E-state index contributed by atoms with van der Waals surface area (Å²) >= 11 is 11.5. The van der Waals surface area contributed by atoms with Crippen LogP contribution in [0.15, 0.2) is 12.1 Å². The first kappa shape index (κ1) is 10.7. The van der Waals surface area contributed by atoms with Crippen molar-refractivity contribution in [2.24, 2.45) is 0 Å². The molecule has 6 heteroatoms. The Morgan fingerprint density at radius 3 is 2.73 bits per heavy atom. The number of aliphatic hydroxyl groups excluding tert-OH is 1. The zero-order chi connectivity index (χ0) is 11.0. The van der Waals surface area contributed by atoms with Gasteiger partial charge in [-0.25, -0.2) is 4.98 Å². The molecule has 0 aromatic carbocycles. The van der Waals surface area contributed by atoms with Crippen molar-refractivity contribution in [3.8, 4) is 0 Å². The summed E-state index contributed by atoms with van der Waals surface area (Å²) in [6.07, 6.45) is -0.438. The molecule has 0 saturated carbocycles. The largest absolute Gasteiger partial charge is 0.389 e. The molecule has 0 spiro atoms. The Balaban J connectivity index is 2.22. The average molecular weight is 247 g/mol. The highest BCUT2D eigenvalue weighted by Gasteiger charge is 2.31. The Labute approximate surface area is 96.4 Å². The number of nitrogens with zero attached hydrogens (tertiary/aromatic N) is 2. The monoisotopic (exact) mass is 246 g/mol. The van der Waals surface area contributed by atoms with Gasteiger partial charge in [0.2, 0.25) is 0 Å². The molecule has 80 valence electrons. The molecule has 1 aliphatic rings. The lowest BCUT2D eigenvalue weighted by Crippen LogP contribution is -2.53. The van der Waals surface area contributed by atoms with Crippen molar-refractivity contribution in [3.05, 3.63) is 28.0 Å². The van der Waals surface area contributed by atoms with Gasteiger partial charge in [-0.15, -0.1) is 0 Å². The molecule has 1 aliphatic heterocycles. The number of rotatable bonds is 1. The van der Waals surface area contributed by atoms with Crippen LogP contribution >= 0.6 is 23.2 Å². The van der Waals surface area contributed by atoms with E-state index < -0.39 is 6.10 Å². The molecule has 1 amide bonds. The maximum absolute atomic E-state index is 11.8. The SMILES string of the molecule is O=C(c1nc(Cl)ccc1Cl)N1CC(O)C1. The van der Waals surface area contributed by atoms with Crippen LogP contribution in [0, 0.1) is 0 Å². The number of pyridine rings is 1. The number of halogens is 2. The van der Waals surface area contributed by atoms with Gasteiger partial charge < -0.3 is 10.0 Å². The second kappa shape index (κ2) is 3.96. The highest BCUT2D eigenvalue weighted by Crippen LogP contribution is 2.20. The van der Waals surface area contributed by atoms with Gasteiger partial charge in [-0.1, -0.05) is 23.2 Å². The second-order valence-electron chi connectivity index (χ2n) is 3.33. The smallest absolute Gasteiger partial charge is 0.274 e. The lowest BCUT2D eigenvalue weighted by atomic mass is 10.1. The standard InChI is InChI=1S/C9H8Cl2N2O2/c10-6-1-2-7(11)12-8(6)9(15)13-3-5(14)4-13/h1-2,5,14H,3-4H2. The summed E-state index contributed by atoms with van der Waals surface area (Å²) in [5.41, 5.74) is 0.135. The van der Waals surface area contributed by atoms with Gasteiger partial charge in [-0.2, -0.15) is 0 Å². The van der Waals surface area contributed by atoms with E-state index in [2.05, 4.69) is 4.98 Å². The fourth-order valence-corrected chi connectivity index (χ4v) is 1.67. The van der Waals surface area contributed by atoms with Gasteiger partial charge in [0, 0.05) is 13.1 Å². The van der Waals surface area contributed by atoms with E-state index in [4.69, 9.17) is 28.3 Å². The van der Waals surface area contributed by atoms with Crippen LogP contribution < -0.4 is 0 Å². The minimum atomic E-state index is -0.438. The van der Waals surface area contributed by atoms with Crippen molar-refractivity contribution in [2.75, 3.05) is 13.1 Å². The predicted molar refractivity (Wildman–Crippen MR) is 56.2 cm³/mol. The number of hydrogen-bond acceptors (Lipinski definition) is 3. The molecule has 1 fully saturated rings. The lowest BCUT2D eigenvalue weighted by Gasteiger charge is -2.35. The zero-order valence-electron chi connectivity index (χ0n) is 7.65. The fraction of sp³-hybridized carbons (Fsp3) is 0.333.